The zero-order valence-corrected chi connectivity index (χ0v) is 12.2. The summed E-state index contributed by atoms with van der Waals surface area (Å²) in [5, 5.41) is 3.69. The SMILES string of the molecule is CCCCC(CC)CNC1CCc2cc(F)ccc21. The highest BCUT2D eigenvalue weighted by atomic mass is 19.1. The van der Waals surface area contributed by atoms with Crippen molar-refractivity contribution >= 4 is 0 Å². The molecule has 0 heterocycles. The Morgan fingerprint density at radius 2 is 2.21 bits per heavy atom. The van der Waals surface area contributed by atoms with Gasteiger partial charge >= 0.3 is 0 Å². The van der Waals surface area contributed by atoms with Crippen LogP contribution in [0.15, 0.2) is 18.2 Å². The van der Waals surface area contributed by atoms with Gasteiger partial charge in [0.25, 0.3) is 0 Å². The van der Waals surface area contributed by atoms with E-state index in [-0.39, 0.29) is 5.82 Å². The van der Waals surface area contributed by atoms with Crippen LogP contribution in [0.5, 0.6) is 0 Å². The minimum atomic E-state index is -0.103. The Morgan fingerprint density at radius 3 is 2.95 bits per heavy atom. The van der Waals surface area contributed by atoms with Crippen molar-refractivity contribution in [3.63, 3.8) is 0 Å². The van der Waals surface area contributed by atoms with E-state index in [0.29, 0.717) is 6.04 Å². The molecule has 2 rings (SSSR count). The summed E-state index contributed by atoms with van der Waals surface area (Å²) in [6.45, 7) is 5.62. The summed E-state index contributed by atoms with van der Waals surface area (Å²) in [5.41, 5.74) is 2.51. The van der Waals surface area contributed by atoms with E-state index in [9.17, 15) is 4.39 Å². The number of rotatable bonds is 7. The van der Waals surface area contributed by atoms with Crippen LogP contribution in [-0.2, 0) is 6.42 Å². The standard InChI is InChI=1S/C17H26FN/c1-3-5-6-13(4-2)12-19-17-10-7-14-11-15(18)8-9-16(14)17/h8-9,11,13,17,19H,3-7,10,12H2,1-2H3. The summed E-state index contributed by atoms with van der Waals surface area (Å²) in [5.74, 6) is 0.679. The smallest absolute Gasteiger partial charge is 0.123 e. The molecule has 1 N–H and O–H groups in total. The molecule has 0 radical (unpaired) electrons. The second-order valence-electron chi connectivity index (χ2n) is 5.76. The molecule has 2 atom stereocenters. The topological polar surface area (TPSA) is 12.0 Å². The summed E-state index contributed by atoms with van der Waals surface area (Å²) in [6, 6.07) is 5.69. The normalized spacial score (nSPS) is 19.4. The van der Waals surface area contributed by atoms with E-state index in [1.54, 1.807) is 12.1 Å². The van der Waals surface area contributed by atoms with Crippen molar-refractivity contribution in [1.82, 2.24) is 5.32 Å². The maximum absolute atomic E-state index is 13.2. The molecule has 106 valence electrons. The maximum Gasteiger partial charge on any atom is 0.123 e. The van der Waals surface area contributed by atoms with Gasteiger partial charge in [-0.25, -0.2) is 4.39 Å². The highest BCUT2D eigenvalue weighted by Gasteiger charge is 2.22. The molecule has 2 heteroatoms. The fourth-order valence-corrected chi connectivity index (χ4v) is 3.05. The summed E-state index contributed by atoms with van der Waals surface area (Å²) in [4.78, 5) is 0. The van der Waals surface area contributed by atoms with Gasteiger partial charge in [-0.3, -0.25) is 0 Å². The van der Waals surface area contributed by atoms with Crippen molar-refractivity contribution in [2.45, 2.75) is 58.4 Å². The Kier molecular flexibility index (Phi) is 5.38. The number of fused-ring (bicyclic) bond motifs is 1. The second kappa shape index (κ2) is 7.04. The lowest BCUT2D eigenvalue weighted by molar-refractivity contribution is 0.389. The molecular formula is C17H26FN. The van der Waals surface area contributed by atoms with Crippen molar-refractivity contribution in [3.05, 3.63) is 35.1 Å². The van der Waals surface area contributed by atoms with Gasteiger partial charge in [0.05, 0.1) is 0 Å². The molecule has 0 saturated heterocycles. The zero-order valence-electron chi connectivity index (χ0n) is 12.2. The van der Waals surface area contributed by atoms with Crippen molar-refractivity contribution in [1.29, 1.82) is 0 Å². The largest absolute Gasteiger partial charge is 0.310 e. The van der Waals surface area contributed by atoms with Gasteiger partial charge in [0, 0.05) is 6.04 Å². The molecule has 0 fully saturated rings. The van der Waals surface area contributed by atoms with Crippen molar-refractivity contribution in [2.24, 2.45) is 5.92 Å². The number of nitrogens with one attached hydrogen (secondary N) is 1. The Bertz CT molecular complexity index is 402. The number of aryl methyl sites for hydroxylation is 1. The molecule has 0 aromatic heterocycles. The number of benzene rings is 1. The molecule has 0 bridgehead atoms. The van der Waals surface area contributed by atoms with E-state index in [4.69, 9.17) is 0 Å². The first-order chi connectivity index (χ1) is 9.24. The van der Waals surface area contributed by atoms with Crippen LogP contribution >= 0.6 is 0 Å². The fourth-order valence-electron chi connectivity index (χ4n) is 3.05. The van der Waals surface area contributed by atoms with E-state index in [2.05, 4.69) is 19.2 Å². The molecular weight excluding hydrogens is 237 g/mol. The minimum Gasteiger partial charge on any atom is -0.310 e. The van der Waals surface area contributed by atoms with E-state index in [1.165, 1.54) is 36.8 Å². The summed E-state index contributed by atoms with van der Waals surface area (Å²) < 4.78 is 13.2. The summed E-state index contributed by atoms with van der Waals surface area (Å²) in [6.07, 6.45) is 7.30. The van der Waals surface area contributed by atoms with E-state index in [0.717, 1.165) is 25.3 Å². The number of halogens is 1. The zero-order chi connectivity index (χ0) is 13.7. The molecule has 1 nitrogen and oxygen atoms in total. The lowest BCUT2D eigenvalue weighted by atomic mass is 9.98. The number of unbranched alkanes of at least 4 members (excludes halogenated alkanes) is 1. The third-order valence-corrected chi connectivity index (χ3v) is 4.38. The molecule has 1 aliphatic rings. The maximum atomic E-state index is 13.2. The van der Waals surface area contributed by atoms with Gasteiger partial charge in [0.15, 0.2) is 0 Å². The van der Waals surface area contributed by atoms with Crippen LogP contribution in [0.3, 0.4) is 0 Å². The van der Waals surface area contributed by atoms with Gasteiger partial charge < -0.3 is 5.32 Å². The predicted octanol–water partition coefficient (Wildman–Crippen LogP) is 4.62. The Labute approximate surface area is 116 Å². The van der Waals surface area contributed by atoms with Gasteiger partial charge in [0.2, 0.25) is 0 Å². The second-order valence-corrected chi connectivity index (χ2v) is 5.76. The van der Waals surface area contributed by atoms with Crippen LogP contribution in [0.1, 0.15) is 63.1 Å². The van der Waals surface area contributed by atoms with Gasteiger partial charge in [0.1, 0.15) is 5.82 Å². The Balaban J connectivity index is 1.88. The van der Waals surface area contributed by atoms with Crippen LogP contribution in [0.4, 0.5) is 4.39 Å². The van der Waals surface area contributed by atoms with Crippen molar-refractivity contribution in [3.8, 4) is 0 Å². The molecule has 0 saturated carbocycles. The monoisotopic (exact) mass is 263 g/mol. The van der Waals surface area contributed by atoms with E-state index < -0.39 is 0 Å². The van der Waals surface area contributed by atoms with Gasteiger partial charge in [-0.15, -0.1) is 0 Å². The number of hydrogen-bond donors (Lipinski definition) is 1. The van der Waals surface area contributed by atoms with Gasteiger partial charge in [-0.1, -0.05) is 39.2 Å². The third kappa shape index (κ3) is 3.79. The lowest BCUT2D eigenvalue weighted by Crippen LogP contribution is -2.26. The van der Waals surface area contributed by atoms with E-state index in [1.807, 2.05) is 6.07 Å². The summed E-state index contributed by atoms with van der Waals surface area (Å²) in [7, 11) is 0. The van der Waals surface area contributed by atoms with E-state index >= 15 is 0 Å². The van der Waals surface area contributed by atoms with Crippen LogP contribution in [0, 0.1) is 11.7 Å². The first kappa shape index (κ1) is 14.5. The average molecular weight is 263 g/mol. The molecule has 0 aliphatic heterocycles. The lowest BCUT2D eigenvalue weighted by Gasteiger charge is -2.20. The Morgan fingerprint density at radius 1 is 1.37 bits per heavy atom. The molecule has 1 aromatic carbocycles. The minimum absolute atomic E-state index is 0.103. The van der Waals surface area contributed by atoms with Crippen LogP contribution < -0.4 is 5.32 Å². The highest BCUT2D eigenvalue weighted by molar-refractivity contribution is 5.34. The van der Waals surface area contributed by atoms with Crippen LogP contribution in [0.25, 0.3) is 0 Å². The van der Waals surface area contributed by atoms with Crippen LogP contribution in [-0.4, -0.2) is 6.54 Å². The average Bonchev–Trinajstić information content (AvgIpc) is 2.81. The number of hydrogen-bond acceptors (Lipinski definition) is 1. The van der Waals surface area contributed by atoms with Crippen LogP contribution in [0.2, 0.25) is 0 Å². The molecule has 0 spiro atoms. The van der Waals surface area contributed by atoms with Gasteiger partial charge in [-0.05, 0) is 55.0 Å². The fraction of sp³-hybridized carbons (Fsp3) is 0.647. The highest BCUT2D eigenvalue weighted by Crippen LogP contribution is 2.31. The molecule has 0 amide bonds. The van der Waals surface area contributed by atoms with Crippen molar-refractivity contribution < 1.29 is 4.39 Å². The molecule has 19 heavy (non-hydrogen) atoms. The quantitative estimate of drug-likeness (QED) is 0.757. The predicted molar refractivity (Wildman–Crippen MR) is 78.8 cm³/mol. The van der Waals surface area contributed by atoms with Crippen molar-refractivity contribution in [2.75, 3.05) is 6.54 Å². The molecule has 1 aromatic rings. The summed E-state index contributed by atoms with van der Waals surface area (Å²) >= 11 is 0. The first-order valence-corrected chi connectivity index (χ1v) is 7.76. The molecule has 2 unspecified atom stereocenters. The third-order valence-electron chi connectivity index (χ3n) is 4.38. The first-order valence-electron chi connectivity index (χ1n) is 7.76. The Hall–Kier alpha value is -0.890. The molecule has 1 aliphatic carbocycles. The van der Waals surface area contributed by atoms with Gasteiger partial charge in [-0.2, -0.15) is 0 Å².